The van der Waals surface area contributed by atoms with Crippen LogP contribution in [0.1, 0.15) is 31.2 Å². The molecule has 0 bridgehead atoms. The second kappa shape index (κ2) is 5.55. The van der Waals surface area contributed by atoms with Crippen LogP contribution >= 0.6 is 0 Å². The highest BCUT2D eigenvalue weighted by Gasteiger charge is 2.41. The lowest BCUT2D eigenvalue weighted by Crippen LogP contribution is -2.56. The Balaban J connectivity index is 2.17. The van der Waals surface area contributed by atoms with Gasteiger partial charge in [-0.25, -0.2) is 8.78 Å². The monoisotopic (exact) mass is 268 g/mol. The van der Waals surface area contributed by atoms with Crippen LogP contribution in [0.5, 0.6) is 0 Å². The molecule has 0 aromatic heterocycles. The average molecular weight is 268 g/mol. The van der Waals surface area contributed by atoms with Crippen molar-refractivity contribution in [1.82, 2.24) is 4.90 Å². The van der Waals surface area contributed by atoms with E-state index in [1.807, 2.05) is 14.1 Å². The molecule has 0 saturated heterocycles. The highest BCUT2D eigenvalue weighted by atomic mass is 19.1. The standard InChI is InChI=1S/C15H22F2N2/c1-19(2)15(7-3-4-8-15)14(18)9-11-5-6-12(16)10-13(11)17/h5-6,10,14H,3-4,7-9,18H2,1-2H3. The molecule has 2 nitrogen and oxygen atoms in total. The minimum Gasteiger partial charge on any atom is -0.326 e. The van der Waals surface area contributed by atoms with Crippen molar-refractivity contribution in [3.05, 3.63) is 35.4 Å². The molecule has 19 heavy (non-hydrogen) atoms. The number of halogens is 2. The van der Waals surface area contributed by atoms with Gasteiger partial charge >= 0.3 is 0 Å². The Kier molecular flexibility index (Phi) is 4.21. The summed E-state index contributed by atoms with van der Waals surface area (Å²) in [5.41, 5.74) is 6.80. The fraction of sp³-hybridized carbons (Fsp3) is 0.600. The van der Waals surface area contributed by atoms with Crippen LogP contribution in [-0.2, 0) is 6.42 Å². The van der Waals surface area contributed by atoms with E-state index in [-0.39, 0.29) is 11.6 Å². The predicted molar refractivity (Wildman–Crippen MR) is 72.9 cm³/mol. The third kappa shape index (κ3) is 2.79. The van der Waals surface area contributed by atoms with Crippen LogP contribution < -0.4 is 5.73 Å². The lowest BCUT2D eigenvalue weighted by atomic mass is 9.83. The zero-order valence-electron chi connectivity index (χ0n) is 11.6. The van der Waals surface area contributed by atoms with Gasteiger partial charge in [0.2, 0.25) is 0 Å². The van der Waals surface area contributed by atoms with E-state index in [4.69, 9.17) is 5.73 Å². The van der Waals surface area contributed by atoms with Crippen LogP contribution in [-0.4, -0.2) is 30.6 Å². The quantitative estimate of drug-likeness (QED) is 0.909. The summed E-state index contributed by atoms with van der Waals surface area (Å²) in [6, 6.07) is 3.59. The number of nitrogens with two attached hydrogens (primary N) is 1. The molecule has 1 aromatic carbocycles. The molecule has 0 amide bonds. The molecule has 0 spiro atoms. The smallest absolute Gasteiger partial charge is 0.129 e. The molecular weight excluding hydrogens is 246 g/mol. The van der Waals surface area contributed by atoms with Crippen molar-refractivity contribution in [2.75, 3.05) is 14.1 Å². The Morgan fingerprint density at radius 3 is 2.42 bits per heavy atom. The van der Waals surface area contributed by atoms with E-state index in [1.165, 1.54) is 12.1 Å². The predicted octanol–water partition coefficient (Wildman–Crippen LogP) is 2.71. The zero-order valence-corrected chi connectivity index (χ0v) is 11.6. The van der Waals surface area contributed by atoms with Gasteiger partial charge in [0.25, 0.3) is 0 Å². The van der Waals surface area contributed by atoms with Crippen LogP contribution in [0.25, 0.3) is 0 Å². The van der Waals surface area contributed by atoms with E-state index >= 15 is 0 Å². The van der Waals surface area contributed by atoms with Crippen LogP contribution in [0.3, 0.4) is 0 Å². The van der Waals surface area contributed by atoms with Gasteiger partial charge in [-0.1, -0.05) is 18.9 Å². The van der Waals surface area contributed by atoms with E-state index in [9.17, 15) is 8.78 Å². The Hall–Kier alpha value is -1.00. The van der Waals surface area contributed by atoms with Crippen molar-refractivity contribution in [2.24, 2.45) is 5.73 Å². The summed E-state index contributed by atoms with van der Waals surface area (Å²) in [5, 5.41) is 0. The Morgan fingerprint density at radius 2 is 1.89 bits per heavy atom. The summed E-state index contributed by atoms with van der Waals surface area (Å²) in [6.07, 6.45) is 4.87. The number of rotatable bonds is 4. The zero-order chi connectivity index (χ0) is 14.0. The van der Waals surface area contributed by atoms with E-state index in [0.29, 0.717) is 12.0 Å². The SMILES string of the molecule is CN(C)C1(C(N)Cc2ccc(F)cc2F)CCCC1. The second-order valence-corrected chi connectivity index (χ2v) is 5.75. The summed E-state index contributed by atoms with van der Waals surface area (Å²) >= 11 is 0. The lowest BCUT2D eigenvalue weighted by molar-refractivity contribution is 0.122. The first kappa shape index (κ1) is 14.4. The molecule has 1 aromatic rings. The molecule has 2 N–H and O–H groups in total. The molecule has 4 heteroatoms. The van der Waals surface area contributed by atoms with Crippen molar-refractivity contribution in [3.8, 4) is 0 Å². The fourth-order valence-electron chi connectivity index (χ4n) is 3.25. The Bertz CT molecular complexity index is 440. The van der Waals surface area contributed by atoms with Crippen molar-refractivity contribution >= 4 is 0 Å². The largest absolute Gasteiger partial charge is 0.326 e. The van der Waals surface area contributed by atoms with E-state index in [1.54, 1.807) is 0 Å². The number of nitrogens with zero attached hydrogens (tertiary/aromatic N) is 1. The molecule has 0 heterocycles. The molecule has 1 aliphatic rings. The molecule has 0 radical (unpaired) electrons. The highest BCUT2D eigenvalue weighted by molar-refractivity contribution is 5.21. The fourth-order valence-corrected chi connectivity index (χ4v) is 3.25. The topological polar surface area (TPSA) is 29.3 Å². The summed E-state index contributed by atoms with van der Waals surface area (Å²) in [6.45, 7) is 0. The number of hydrogen-bond donors (Lipinski definition) is 1. The van der Waals surface area contributed by atoms with Crippen LogP contribution in [0.15, 0.2) is 18.2 Å². The highest BCUT2D eigenvalue weighted by Crippen LogP contribution is 2.37. The van der Waals surface area contributed by atoms with Gasteiger partial charge in [0, 0.05) is 17.6 Å². The van der Waals surface area contributed by atoms with E-state index < -0.39 is 11.6 Å². The van der Waals surface area contributed by atoms with Crippen molar-refractivity contribution in [3.63, 3.8) is 0 Å². The van der Waals surface area contributed by atoms with Gasteiger partial charge in [-0.15, -0.1) is 0 Å². The lowest BCUT2D eigenvalue weighted by Gasteiger charge is -2.41. The first-order chi connectivity index (χ1) is 8.95. The van der Waals surface area contributed by atoms with Gasteiger partial charge in [0.1, 0.15) is 11.6 Å². The number of hydrogen-bond acceptors (Lipinski definition) is 2. The normalized spacial score (nSPS) is 19.9. The van der Waals surface area contributed by atoms with Gasteiger partial charge < -0.3 is 10.6 Å². The van der Waals surface area contributed by atoms with Crippen molar-refractivity contribution in [2.45, 2.75) is 43.7 Å². The Labute approximate surface area is 113 Å². The van der Waals surface area contributed by atoms with Crippen molar-refractivity contribution < 1.29 is 8.78 Å². The van der Waals surface area contributed by atoms with Crippen molar-refractivity contribution in [1.29, 1.82) is 0 Å². The maximum Gasteiger partial charge on any atom is 0.129 e. The molecule has 106 valence electrons. The van der Waals surface area contributed by atoms with E-state index in [0.717, 1.165) is 31.7 Å². The van der Waals surface area contributed by atoms with Gasteiger partial charge in [-0.2, -0.15) is 0 Å². The summed E-state index contributed by atoms with van der Waals surface area (Å²) in [4.78, 5) is 2.17. The summed E-state index contributed by atoms with van der Waals surface area (Å²) in [5.74, 6) is -1.04. The molecule has 1 aliphatic carbocycles. The molecule has 0 aliphatic heterocycles. The minimum atomic E-state index is -0.544. The van der Waals surface area contributed by atoms with Gasteiger partial charge in [0.05, 0.1) is 0 Å². The summed E-state index contributed by atoms with van der Waals surface area (Å²) in [7, 11) is 4.07. The van der Waals surface area contributed by atoms with Crippen LogP contribution in [0.4, 0.5) is 8.78 Å². The van der Waals surface area contributed by atoms with E-state index in [2.05, 4.69) is 4.90 Å². The van der Waals surface area contributed by atoms with Crippen LogP contribution in [0.2, 0.25) is 0 Å². The number of likely N-dealkylation sites (N-methyl/N-ethyl adjacent to an activating group) is 1. The first-order valence-corrected chi connectivity index (χ1v) is 6.82. The first-order valence-electron chi connectivity index (χ1n) is 6.82. The average Bonchev–Trinajstić information content (AvgIpc) is 2.83. The third-order valence-electron chi connectivity index (χ3n) is 4.51. The minimum absolute atomic E-state index is 0.0547. The number of benzene rings is 1. The Morgan fingerprint density at radius 1 is 1.26 bits per heavy atom. The molecule has 1 unspecified atom stereocenters. The van der Waals surface area contributed by atoms with Gasteiger partial charge in [-0.05, 0) is 45.0 Å². The van der Waals surface area contributed by atoms with Crippen LogP contribution in [0, 0.1) is 11.6 Å². The molecule has 1 fully saturated rings. The molecule has 1 atom stereocenters. The maximum atomic E-state index is 13.7. The van der Waals surface area contributed by atoms with Gasteiger partial charge in [0.15, 0.2) is 0 Å². The summed E-state index contributed by atoms with van der Waals surface area (Å²) < 4.78 is 26.6. The molecule has 2 rings (SSSR count). The maximum absolute atomic E-state index is 13.7. The molecule has 1 saturated carbocycles. The van der Waals surface area contributed by atoms with Gasteiger partial charge in [-0.3, -0.25) is 0 Å². The molecular formula is C15H22F2N2. The second-order valence-electron chi connectivity index (χ2n) is 5.75. The third-order valence-corrected chi connectivity index (χ3v) is 4.51.